The van der Waals surface area contributed by atoms with Crippen molar-refractivity contribution in [3.05, 3.63) is 41.7 Å². The number of benzene rings is 2. The number of aromatic nitrogens is 2. The second kappa shape index (κ2) is 7.79. The molecule has 0 atom stereocenters. The van der Waals surface area contributed by atoms with E-state index < -0.39 is 10.0 Å². The zero-order chi connectivity index (χ0) is 21.6. The number of halogens is 1. The Balaban J connectivity index is 1.42. The van der Waals surface area contributed by atoms with Crippen molar-refractivity contribution in [2.75, 3.05) is 45.3 Å². The minimum atomic E-state index is -3.52. The smallest absolute Gasteiger partial charge is 0.243 e. The summed E-state index contributed by atoms with van der Waals surface area (Å²) >= 11 is 6.10. The van der Waals surface area contributed by atoms with Crippen LogP contribution in [0.3, 0.4) is 0 Å². The molecule has 1 aromatic heterocycles. The predicted molar refractivity (Wildman–Crippen MR) is 117 cm³/mol. The van der Waals surface area contributed by atoms with Crippen LogP contribution < -0.4 is 14.8 Å². The lowest BCUT2D eigenvalue weighted by Crippen LogP contribution is -2.46. The third kappa shape index (κ3) is 3.87. The topological polar surface area (TPSA) is 96.9 Å². The van der Waals surface area contributed by atoms with Gasteiger partial charge in [-0.25, -0.2) is 13.4 Å². The number of nitrogens with one attached hydrogen (secondary N) is 1. The molecule has 9 nitrogen and oxygen atoms in total. The van der Waals surface area contributed by atoms with Gasteiger partial charge in [0.1, 0.15) is 5.82 Å². The Morgan fingerprint density at radius 1 is 1.00 bits per heavy atom. The lowest BCUT2D eigenvalue weighted by Gasteiger charge is -2.31. The van der Waals surface area contributed by atoms with Crippen molar-refractivity contribution in [1.29, 1.82) is 0 Å². The van der Waals surface area contributed by atoms with Gasteiger partial charge in [0.15, 0.2) is 11.5 Å². The molecular formula is C20H20ClN5O4S. The number of hydrogen-bond acceptors (Lipinski definition) is 8. The maximum atomic E-state index is 12.9. The van der Waals surface area contributed by atoms with Crippen LogP contribution in [0.2, 0.25) is 5.28 Å². The van der Waals surface area contributed by atoms with E-state index in [-0.39, 0.29) is 17.0 Å². The second-order valence-corrected chi connectivity index (χ2v) is 9.70. The lowest BCUT2D eigenvalue weighted by molar-refractivity contribution is 0.174. The highest BCUT2D eigenvalue weighted by Crippen LogP contribution is 2.38. The summed E-state index contributed by atoms with van der Waals surface area (Å²) in [7, 11) is -1.53. The van der Waals surface area contributed by atoms with E-state index in [1.807, 2.05) is 7.05 Å². The van der Waals surface area contributed by atoms with Gasteiger partial charge in [0.05, 0.1) is 10.4 Å². The highest BCUT2D eigenvalue weighted by molar-refractivity contribution is 7.89. The zero-order valence-electron chi connectivity index (χ0n) is 16.7. The van der Waals surface area contributed by atoms with Crippen LogP contribution in [0.15, 0.2) is 41.3 Å². The fraction of sp³-hybridized carbons (Fsp3) is 0.300. The molecule has 0 unspecified atom stereocenters. The van der Waals surface area contributed by atoms with Crippen molar-refractivity contribution in [2.24, 2.45) is 0 Å². The Morgan fingerprint density at radius 3 is 2.39 bits per heavy atom. The summed E-state index contributed by atoms with van der Waals surface area (Å²) in [4.78, 5) is 10.9. The van der Waals surface area contributed by atoms with Gasteiger partial charge in [-0.3, -0.25) is 0 Å². The first-order valence-corrected chi connectivity index (χ1v) is 11.5. The third-order valence-corrected chi connectivity index (χ3v) is 7.46. The summed E-state index contributed by atoms with van der Waals surface area (Å²) in [6.45, 7) is 2.57. The molecule has 3 heterocycles. The number of rotatable bonds is 4. The number of sulfonamides is 1. The van der Waals surface area contributed by atoms with E-state index in [2.05, 4.69) is 20.2 Å². The first-order valence-electron chi connectivity index (χ1n) is 9.73. The van der Waals surface area contributed by atoms with Gasteiger partial charge < -0.3 is 19.7 Å². The van der Waals surface area contributed by atoms with Crippen LogP contribution >= 0.6 is 11.6 Å². The molecule has 0 bridgehead atoms. The monoisotopic (exact) mass is 461 g/mol. The molecule has 2 aliphatic rings. The molecule has 0 spiro atoms. The Labute approximate surface area is 184 Å². The van der Waals surface area contributed by atoms with Crippen molar-refractivity contribution in [3.63, 3.8) is 0 Å². The molecule has 2 aromatic carbocycles. The number of ether oxygens (including phenoxy) is 2. The van der Waals surface area contributed by atoms with Crippen LogP contribution in [-0.2, 0) is 10.0 Å². The zero-order valence-corrected chi connectivity index (χ0v) is 18.3. The van der Waals surface area contributed by atoms with Crippen LogP contribution in [-0.4, -0.2) is 67.6 Å². The summed E-state index contributed by atoms with van der Waals surface area (Å²) in [5, 5.41) is 3.99. The summed E-state index contributed by atoms with van der Waals surface area (Å²) in [5.74, 6) is 1.70. The van der Waals surface area contributed by atoms with Gasteiger partial charge in [-0.2, -0.15) is 9.29 Å². The van der Waals surface area contributed by atoms with Gasteiger partial charge in [-0.1, -0.05) is 0 Å². The SMILES string of the molecule is CN1CCN(S(=O)(=O)c2ccc(Nc3nc(Cl)nc4cc5c(cc34)OCO5)cc2)CC1. The maximum absolute atomic E-state index is 12.9. The first kappa shape index (κ1) is 20.3. The van der Waals surface area contributed by atoms with E-state index in [1.165, 1.54) is 4.31 Å². The van der Waals surface area contributed by atoms with Crippen molar-refractivity contribution in [3.8, 4) is 11.5 Å². The number of likely N-dealkylation sites (N-methyl/N-ethyl adjacent to an activating group) is 1. The molecule has 11 heteroatoms. The van der Waals surface area contributed by atoms with Crippen molar-refractivity contribution >= 4 is 44.0 Å². The first-order chi connectivity index (χ1) is 14.9. The van der Waals surface area contributed by atoms with Gasteiger partial charge in [0.25, 0.3) is 0 Å². The molecule has 3 aromatic rings. The molecule has 0 aliphatic carbocycles. The highest BCUT2D eigenvalue weighted by atomic mass is 35.5. The van der Waals surface area contributed by atoms with E-state index in [0.717, 1.165) is 13.1 Å². The fourth-order valence-corrected chi connectivity index (χ4v) is 5.21. The number of piperazine rings is 1. The van der Waals surface area contributed by atoms with Crippen molar-refractivity contribution < 1.29 is 17.9 Å². The van der Waals surface area contributed by atoms with E-state index in [9.17, 15) is 8.42 Å². The van der Waals surface area contributed by atoms with Gasteiger partial charge in [0, 0.05) is 43.3 Å². The molecule has 2 aliphatic heterocycles. The minimum Gasteiger partial charge on any atom is -0.454 e. The summed E-state index contributed by atoms with van der Waals surface area (Å²) < 4.78 is 38.2. The Kier molecular flexibility index (Phi) is 5.09. The Bertz CT molecular complexity index is 1240. The van der Waals surface area contributed by atoms with Gasteiger partial charge in [-0.15, -0.1) is 0 Å². The summed E-state index contributed by atoms with van der Waals surface area (Å²) in [5.41, 5.74) is 1.28. The van der Waals surface area contributed by atoms with Crippen LogP contribution in [0, 0.1) is 0 Å². The largest absolute Gasteiger partial charge is 0.454 e. The maximum Gasteiger partial charge on any atom is 0.243 e. The minimum absolute atomic E-state index is 0.0862. The van der Waals surface area contributed by atoms with Crippen molar-refractivity contribution in [1.82, 2.24) is 19.2 Å². The molecule has 1 saturated heterocycles. The van der Waals surface area contributed by atoms with Gasteiger partial charge >= 0.3 is 0 Å². The normalized spacial score (nSPS) is 17.2. The van der Waals surface area contributed by atoms with E-state index >= 15 is 0 Å². The standard InChI is InChI=1S/C20H20ClN5O4S/c1-25-6-8-26(9-7-25)31(27,28)14-4-2-13(3-5-14)22-19-15-10-17-18(30-12-29-17)11-16(15)23-20(21)24-19/h2-5,10-11H,6-9,12H2,1H3,(H,22,23,24). The molecule has 31 heavy (non-hydrogen) atoms. The van der Waals surface area contributed by atoms with Crippen LogP contribution in [0.5, 0.6) is 11.5 Å². The van der Waals surface area contributed by atoms with Crippen LogP contribution in [0.1, 0.15) is 0 Å². The lowest BCUT2D eigenvalue weighted by atomic mass is 10.2. The second-order valence-electron chi connectivity index (χ2n) is 7.42. The molecule has 5 rings (SSSR count). The average molecular weight is 462 g/mol. The highest BCUT2D eigenvalue weighted by Gasteiger charge is 2.27. The van der Waals surface area contributed by atoms with E-state index in [4.69, 9.17) is 21.1 Å². The molecular weight excluding hydrogens is 442 g/mol. The number of hydrogen-bond donors (Lipinski definition) is 1. The molecule has 1 fully saturated rings. The molecule has 162 valence electrons. The number of nitrogens with zero attached hydrogens (tertiary/aromatic N) is 4. The Morgan fingerprint density at radius 2 is 1.68 bits per heavy atom. The number of fused-ring (bicyclic) bond motifs is 2. The van der Waals surface area contributed by atoms with Gasteiger partial charge in [-0.05, 0) is 49.0 Å². The summed E-state index contributed by atoms with van der Waals surface area (Å²) in [6.07, 6.45) is 0. The van der Waals surface area contributed by atoms with Gasteiger partial charge in [0.2, 0.25) is 22.1 Å². The fourth-order valence-electron chi connectivity index (χ4n) is 3.61. The molecule has 0 radical (unpaired) electrons. The third-order valence-electron chi connectivity index (χ3n) is 5.38. The van der Waals surface area contributed by atoms with Crippen molar-refractivity contribution in [2.45, 2.75) is 4.90 Å². The van der Waals surface area contributed by atoms with E-state index in [1.54, 1.807) is 36.4 Å². The Hall–Kier alpha value is -2.66. The average Bonchev–Trinajstić information content (AvgIpc) is 3.20. The van der Waals surface area contributed by atoms with Crippen LogP contribution in [0.25, 0.3) is 10.9 Å². The molecule has 1 N–H and O–H groups in total. The summed E-state index contributed by atoms with van der Waals surface area (Å²) in [6, 6.07) is 10.1. The van der Waals surface area contributed by atoms with E-state index in [0.29, 0.717) is 47.0 Å². The quantitative estimate of drug-likeness (QED) is 0.592. The molecule has 0 amide bonds. The molecule has 0 saturated carbocycles. The van der Waals surface area contributed by atoms with Crippen LogP contribution in [0.4, 0.5) is 11.5 Å². The number of anilines is 2. The predicted octanol–water partition coefficient (Wildman–Crippen LogP) is 2.69.